The molecule has 3 rings (SSSR count). The van der Waals surface area contributed by atoms with Crippen LogP contribution in [0.1, 0.15) is 16.2 Å². The summed E-state index contributed by atoms with van der Waals surface area (Å²) in [5.74, 6) is -0.0679. The zero-order chi connectivity index (χ0) is 18.7. The van der Waals surface area contributed by atoms with Crippen molar-refractivity contribution in [1.82, 2.24) is 4.98 Å². The first kappa shape index (κ1) is 18.2. The van der Waals surface area contributed by atoms with Crippen LogP contribution in [-0.4, -0.2) is 25.6 Å². The molecule has 0 fully saturated rings. The summed E-state index contributed by atoms with van der Waals surface area (Å²) < 4.78 is 34.2. The lowest BCUT2D eigenvalue weighted by Gasteiger charge is -2.07. The molecule has 2 aromatic carbocycles. The van der Waals surface area contributed by atoms with E-state index in [4.69, 9.17) is 20.8 Å². The molecular formula is C18H14ClNO5S. The van der Waals surface area contributed by atoms with Gasteiger partial charge >= 0.3 is 5.97 Å². The van der Waals surface area contributed by atoms with Gasteiger partial charge in [-0.15, -0.1) is 0 Å². The molecule has 0 bridgehead atoms. The fourth-order valence-electron chi connectivity index (χ4n) is 2.29. The molecule has 0 aliphatic carbocycles. The van der Waals surface area contributed by atoms with Crippen molar-refractivity contribution < 1.29 is 22.4 Å². The van der Waals surface area contributed by atoms with Crippen LogP contribution >= 0.6 is 11.6 Å². The molecule has 0 unspecified atom stereocenters. The van der Waals surface area contributed by atoms with Gasteiger partial charge in [0, 0.05) is 16.8 Å². The Morgan fingerprint density at radius 3 is 2.54 bits per heavy atom. The number of halogens is 1. The molecule has 0 atom stereocenters. The van der Waals surface area contributed by atoms with Gasteiger partial charge in [0.2, 0.25) is 5.89 Å². The zero-order valence-electron chi connectivity index (χ0n) is 13.7. The maximum Gasteiger partial charge on any atom is 0.339 e. The molecule has 0 spiro atoms. The molecule has 134 valence electrons. The van der Waals surface area contributed by atoms with E-state index < -0.39 is 15.8 Å². The Balaban J connectivity index is 1.72. The van der Waals surface area contributed by atoms with Gasteiger partial charge in [0.05, 0.1) is 16.7 Å². The highest BCUT2D eigenvalue weighted by Gasteiger charge is 2.20. The van der Waals surface area contributed by atoms with E-state index in [0.717, 1.165) is 11.8 Å². The number of ether oxygens (including phenoxy) is 1. The quantitative estimate of drug-likeness (QED) is 0.615. The van der Waals surface area contributed by atoms with E-state index in [1.807, 2.05) is 0 Å². The molecule has 6 nitrogen and oxygen atoms in total. The summed E-state index contributed by atoms with van der Waals surface area (Å²) in [6.45, 7) is -0.218. The van der Waals surface area contributed by atoms with Crippen LogP contribution in [0.5, 0.6) is 0 Å². The molecule has 0 aliphatic heterocycles. The number of aromatic nitrogens is 1. The number of oxazole rings is 1. The van der Waals surface area contributed by atoms with Crippen molar-refractivity contribution >= 4 is 27.4 Å². The summed E-state index contributed by atoms with van der Waals surface area (Å²) in [6.07, 6.45) is 2.54. The fourth-order valence-corrected chi connectivity index (χ4v) is 3.29. The van der Waals surface area contributed by atoms with E-state index in [1.54, 1.807) is 36.4 Å². The Hall–Kier alpha value is -2.64. The molecule has 0 N–H and O–H groups in total. The van der Waals surface area contributed by atoms with E-state index in [0.29, 0.717) is 10.8 Å². The van der Waals surface area contributed by atoms with E-state index in [2.05, 4.69) is 4.98 Å². The topological polar surface area (TPSA) is 86.5 Å². The number of hydrogen-bond donors (Lipinski definition) is 0. The van der Waals surface area contributed by atoms with Crippen LogP contribution in [-0.2, 0) is 21.2 Å². The maximum atomic E-state index is 12.2. The largest absolute Gasteiger partial charge is 0.452 e. The number of benzene rings is 2. The first-order chi connectivity index (χ1) is 12.3. The highest BCUT2D eigenvalue weighted by atomic mass is 35.5. The minimum absolute atomic E-state index is 0.0283. The lowest BCUT2D eigenvalue weighted by molar-refractivity contribution is 0.0434. The number of carbonyl (C=O) groups is 1. The smallest absolute Gasteiger partial charge is 0.339 e. The standard InChI is InChI=1S/C18H14ClNO5S/c1-26(22,23)16-5-3-2-4-14(16)18(21)24-11-17-20-10-15(25-17)12-6-8-13(19)9-7-12/h2-10H,11H2,1H3. The molecule has 0 amide bonds. The van der Waals surface area contributed by atoms with Crippen LogP contribution in [0, 0.1) is 0 Å². The van der Waals surface area contributed by atoms with Gasteiger partial charge in [-0.2, -0.15) is 0 Å². The van der Waals surface area contributed by atoms with Gasteiger partial charge in [0.1, 0.15) is 0 Å². The third-order valence-electron chi connectivity index (χ3n) is 3.52. The second kappa shape index (κ2) is 7.31. The van der Waals surface area contributed by atoms with Gasteiger partial charge in [0.15, 0.2) is 22.2 Å². The lowest BCUT2D eigenvalue weighted by Crippen LogP contribution is -2.11. The molecule has 0 radical (unpaired) electrons. The van der Waals surface area contributed by atoms with E-state index in [9.17, 15) is 13.2 Å². The van der Waals surface area contributed by atoms with Gasteiger partial charge in [-0.1, -0.05) is 23.7 Å². The van der Waals surface area contributed by atoms with Crippen LogP contribution < -0.4 is 0 Å². The summed E-state index contributed by atoms with van der Waals surface area (Å²) in [7, 11) is -3.55. The molecule has 0 saturated heterocycles. The van der Waals surface area contributed by atoms with E-state index in [1.165, 1.54) is 18.3 Å². The Morgan fingerprint density at radius 2 is 1.85 bits per heavy atom. The third-order valence-corrected chi connectivity index (χ3v) is 4.92. The van der Waals surface area contributed by atoms with Gasteiger partial charge in [-0.25, -0.2) is 18.2 Å². The maximum absolute atomic E-state index is 12.2. The summed E-state index contributed by atoms with van der Waals surface area (Å²) >= 11 is 5.85. The molecule has 1 aromatic heterocycles. The van der Waals surface area contributed by atoms with Crippen molar-refractivity contribution in [3.8, 4) is 11.3 Å². The molecule has 1 heterocycles. The van der Waals surface area contributed by atoms with Crippen LogP contribution in [0.25, 0.3) is 11.3 Å². The van der Waals surface area contributed by atoms with Crippen molar-refractivity contribution in [2.45, 2.75) is 11.5 Å². The van der Waals surface area contributed by atoms with Gasteiger partial charge < -0.3 is 9.15 Å². The average molecular weight is 392 g/mol. The predicted molar refractivity (Wildman–Crippen MR) is 95.6 cm³/mol. The Bertz CT molecular complexity index is 1040. The van der Waals surface area contributed by atoms with Crippen molar-refractivity contribution in [3.05, 3.63) is 71.2 Å². The normalized spacial score (nSPS) is 11.3. The van der Waals surface area contributed by atoms with E-state index >= 15 is 0 Å². The number of sulfone groups is 1. The van der Waals surface area contributed by atoms with Crippen LogP contribution in [0.2, 0.25) is 5.02 Å². The molecule has 0 saturated carbocycles. The first-order valence-electron chi connectivity index (χ1n) is 7.51. The minimum Gasteiger partial charge on any atom is -0.452 e. The molecular weight excluding hydrogens is 378 g/mol. The second-order valence-electron chi connectivity index (χ2n) is 5.47. The van der Waals surface area contributed by atoms with Crippen LogP contribution in [0.3, 0.4) is 0 Å². The predicted octanol–water partition coefficient (Wildman–Crippen LogP) is 3.76. The highest BCUT2D eigenvalue weighted by Crippen LogP contribution is 2.23. The van der Waals surface area contributed by atoms with Crippen molar-refractivity contribution in [2.24, 2.45) is 0 Å². The monoisotopic (exact) mass is 391 g/mol. The second-order valence-corrected chi connectivity index (χ2v) is 7.89. The summed E-state index contributed by atoms with van der Waals surface area (Å²) in [4.78, 5) is 16.2. The van der Waals surface area contributed by atoms with Gasteiger partial charge in [-0.3, -0.25) is 0 Å². The SMILES string of the molecule is CS(=O)(=O)c1ccccc1C(=O)OCc1ncc(-c2ccc(Cl)cc2)o1. The number of esters is 1. The highest BCUT2D eigenvalue weighted by molar-refractivity contribution is 7.90. The summed E-state index contributed by atoms with van der Waals surface area (Å²) in [6, 6.07) is 12.9. The molecule has 3 aromatic rings. The lowest BCUT2D eigenvalue weighted by atomic mass is 10.2. The Morgan fingerprint density at radius 1 is 1.15 bits per heavy atom. The van der Waals surface area contributed by atoms with E-state index in [-0.39, 0.29) is 23.0 Å². The number of rotatable bonds is 5. The molecule has 8 heteroatoms. The third kappa shape index (κ3) is 4.12. The van der Waals surface area contributed by atoms with Gasteiger partial charge in [0.25, 0.3) is 0 Å². The van der Waals surface area contributed by atoms with Crippen molar-refractivity contribution in [2.75, 3.05) is 6.26 Å². The minimum atomic E-state index is -3.55. The molecule has 26 heavy (non-hydrogen) atoms. The van der Waals surface area contributed by atoms with Crippen LogP contribution in [0.4, 0.5) is 0 Å². The zero-order valence-corrected chi connectivity index (χ0v) is 15.3. The van der Waals surface area contributed by atoms with Crippen molar-refractivity contribution in [1.29, 1.82) is 0 Å². The Labute approximate surface area is 155 Å². The summed E-state index contributed by atoms with van der Waals surface area (Å²) in [5, 5.41) is 0.604. The Kier molecular flexibility index (Phi) is 5.11. The number of carbonyl (C=O) groups excluding carboxylic acids is 1. The molecule has 0 aliphatic rings. The number of hydrogen-bond acceptors (Lipinski definition) is 6. The first-order valence-corrected chi connectivity index (χ1v) is 9.78. The van der Waals surface area contributed by atoms with Crippen LogP contribution in [0.15, 0.2) is 64.0 Å². The fraction of sp³-hybridized carbons (Fsp3) is 0.111. The van der Waals surface area contributed by atoms with Crippen molar-refractivity contribution in [3.63, 3.8) is 0 Å². The number of nitrogens with zero attached hydrogens (tertiary/aromatic N) is 1. The van der Waals surface area contributed by atoms with Gasteiger partial charge in [-0.05, 0) is 36.4 Å². The summed E-state index contributed by atoms with van der Waals surface area (Å²) in [5.41, 5.74) is 0.751. The average Bonchev–Trinajstić information content (AvgIpc) is 3.08.